The first-order valence-corrected chi connectivity index (χ1v) is 7.58. The van der Waals surface area contributed by atoms with Crippen LogP contribution in [0.25, 0.3) is 0 Å². The smallest absolute Gasteiger partial charge is 0.0831 e. The third kappa shape index (κ3) is 3.94. The molecule has 0 saturated carbocycles. The molecule has 21 heavy (non-hydrogen) atoms. The van der Waals surface area contributed by atoms with Gasteiger partial charge in [-0.15, -0.1) is 0 Å². The van der Waals surface area contributed by atoms with Crippen LogP contribution in [0, 0.1) is 6.92 Å². The number of nitrogens with one attached hydrogen (secondary N) is 1. The maximum Gasteiger partial charge on any atom is 0.0831 e. The van der Waals surface area contributed by atoms with Crippen molar-refractivity contribution in [1.29, 1.82) is 0 Å². The molecule has 0 amide bonds. The van der Waals surface area contributed by atoms with Crippen LogP contribution in [-0.2, 0) is 26.6 Å². The molecule has 0 aliphatic rings. The van der Waals surface area contributed by atoms with Gasteiger partial charge in [0.25, 0.3) is 0 Å². The number of hydrogen-bond acceptors (Lipinski definition) is 3. The Kier molecular flexibility index (Phi) is 4.52. The van der Waals surface area contributed by atoms with E-state index in [1.54, 1.807) is 0 Å². The first-order valence-electron chi connectivity index (χ1n) is 7.58. The zero-order chi connectivity index (χ0) is 15.6. The first-order chi connectivity index (χ1) is 9.80. The Bertz CT molecular complexity index is 601. The fraction of sp³-hybridized carbons (Fsp3) is 0.625. The van der Waals surface area contributed by atoms with Gasteiger partial charge in [0.1, 0.15) is 0 Å². The molecule has 2 aromatic rings. The van der Waals surface area contributed by atoms with E-state index in [-0.39, 0.29) is 5.54 Å². The van der Waals surface area contributed by atoms with Crippen molar-refractivity contribution < 1.29 is 0 Å². The SMILES string of the molecule is CCc1cc(Cn2ncc(CNC(C)(C)C)c2C)n(C)n1. The number of aryl methyl sites for hydroxylation is 2. The number of rotatable bonds is 5. The molecule has 0 radical (unpaired) electrons. The molecule has 2 aromatic heterocycles. The molecule has 0 spiro atoms. The molecule has 5 nitrogen and oxygen atoms in total. The van der Waals surface area contributed by atoms with Gasteiger partial charge in [-0.3, -0.25) is 9.36 Å². The molecule has 0 bridgehead atoms. The Morgan fingerprint density at radius 3 is 2.57 bits per heavy atom. The summed E-state index contributed by atoms with van der Waals surface area (Å²) in [4.78, 5) is 0. The molecule has 0 aliphatic carbocycles. The number of nitrogens with zero attached hydrogens (tertiary/aromatic N) is 4. The van der Waals surface area contributed by atoms with Crippen LogP contribution >= 0.6 is 0 Å². The molecular weight excluding hydrogens is 262 g/mol. The van der Waals surface area contributed by atoms with Gasteiger partial charge >= 0.3 is 0 Å². The Morgan fingerprint density at radius 2 is 2.00 bits per heavy atom. The second-order valence-corrected chi connectivity index (χ2v) is 6.62. The summed E-state index contributed by atoms with van der Waals surface area (Å²) in [5, 5.41) is 12.5. The van der Waals surface area contributed by atoms with E-state index in [9.17, 15) is 0 Å². The lowest BCUT2D eigenvalue weighted by molar-refractivity contribution is 0.423. The highest BCUT2D eigenvalue weighted by molar-refractivity contribution is 5.18. The second-order valence-electron chi connectivity index (χ2n) is 6.62. The summed E-state index contributed by atoms with van der Waals surface area (Å²) in [5.41, 5.74) is 4.90. The maximum absolute atomic E-state index is 4.52. The summed E-state index contributed by atoms with van der Waals surface area (Å²) in [6.45, 7) is 12.4. The lowest BCUT2D eigenvalue weighted by atomic mass is 10.1. The largest absolute Gasteiger partial charge is 0.308 e. The molecule has 116 valence electrons. The first kappa shape index (κ1) is 15.8. The summed E-state index contributed by atoms with van der Waals surface area (Å²) < 4.78 is 4.00. The maximum atomic E-state index is 4.52. The third-order valence-electron chi connectivity index (χ3n) is 3.72. The summed E-state index contributed by atoms with van der Waals surface area (Å²) in [5.74, 6) is 0. The Labute approximate surface area is 127 Å². The highest BCUT2D eigenvalue weighted by Gasteiger charge is 2.13. The van der Waals surface area contributed by atoms with E-state index < -0.39 is 0 Å². The molecule has 2 heterocycles. The molecule has 0 atom stereocenters. The van der Waals surface area contributed by atoms with Crippen molar-refractivity contribution in [3.8, 4) is 0 Å². The standard InChI is InChI=1S/C16H27N5/c1-7-14-8-15(20(6)19-14)11-21-12(2)13(10-18-21)9-17-16(3,4)5/h8,10,17H,7,9,11H2,1-6H3. The van der Waals surface area contributed by atoms with E-state index in [0.717, 1.165) is 25.2 Å². The van der Waals surface area contributed by atoms with Gasteiger partial charge in [-0.05, 0) is 40.2 Å². The van der Waals surface area contributed by atoms with Gasteiger partial charge in [0.05, 0.1) is 24.1 Å². The van der Waals surface area contributed by atoms with E-state index in [0.29, 0.717) is 0 Å². The highest BCUT2D eigenvalue weighted by Crippen LogP contribution is 2.12. The van der Waals surface area contributed by atoms with Gasteiger partial charge in [-0.1, -0.05) is 6.92 Å². The molecule has 1 N–H and O–H groups in total. The van der Waals surface area contributed by atoms with Crippen LogP contribution in [0.5, 0.6) is 0 Å². The van der Waals surface area contributed by atoms with E-state index in [1.165, 1.54) is 17.0 Å². The summed E-state index contributed by atoms with van der Waals surface area (Å²) >= 11 is 0. The molecule has 0 fully saturated rings. The average Bonchev–Trinajstić information content (AvgIpc) is 2.92. The number of hydrogen-bond donors (Lipinski definition) is 1. The van der Waals surface area contributed by atoms with Crippen LogP contribution in [0.1, 0.15) is 50.3 Å². The minimum absolute atomic E-state index is 0.118. The zero-order valence-electron chi connectivity index (χ0n) is 14.1. The monoisotopic (exact) mass is 289 g/mol. The molecule has 5 heteroatoms. The lowest BCUT2D eigenvalue weighted by Gasteiger charge is -2.20. The van der Waals surface area contributed by atoms with Gasteiger partial charge in [0.2, 0.25) is 0 Å². The van der Waals surface area contributed by atoms with Crippen molar-refractivity contribution in [3.05, 3.63) is 34.9 Å². The van der Waals surface area contributed by atoms with Crippen LogP contribution < -0.4 is 5.32 Å². The minimum atomic E-state index is 0.118. The van der Waals surface area contributed by atoms with Crippen LogP contribution in [0.15, 0.2) is 12.3 Å². The van der Waals surface area contributed by atoms with Crippen molar-refractivity contribution >= 4 is 0 Å². The zero-order valence-corrected chi connectivity index (χ0v) is 14.1. The fourth-order valence-electron chi connectivity index (χ4n) is 2.22. The quantitative estimate of drug-likeness (QED) is 0.919. The Hall–Kier alpha value is -1.62. The highest BCUT2D eigenvalue weighted by atomic mass is 15.3. The van der Waals surface area contributed by atoms with Crippen molar-refractivity contribution in [2.75, 3.05) is 0 Å². The topological polar surface area (TPSA) is 47.7 Å². The molecular formula is C16H27N5. The van der Waals surface area contributed by atoms with Gasteiger partial charge in [0.15, 0.2) is 0 Å². The van der Waals surface area contributed by atoms with Crippen molar-refractivity contribution in [1.82, 2.24) is 24.9 Å². The normalized spacial score (nSPS) is 12.1. The van der Waals surface area contributed by atoms with Gasteiger partial charge < -0.3 is 5.32 Å². The van der Waals surface area contributed by atoms with Crippen LogP contribution in [0.2, 0.25) is 0 Å². The molecule has 2 rings (SSSR count). The van der Waals surface area contributed by atoms with E-state index in [1.807, 2.05) is 17.9 Å². The average molecular weight is 289 g/mol. The summed E-state index contributed by atoms with van der Waals surface area (Å²) in [6, 6.07) is 2.16. The predicted molar refractivity (Wildman–Crippen MR) is 85.2 cm³/mol. The molecule has 0 saturated heterocycles. The molecule has 0 aliphatic heterocycles. The lowest BCUT2D eigenvalue weighted by Crippen LogP contribution is -2.35. The van der Waals surface area contributed by atoms with Crippen molar-refractivity contribution in [2.45, 2.75) is 59.7 Å². The number of aromatic nitrogens is 4. The van der Waals surface area contributed by atoms with Crippen LogP contribution in [0.4, 0.5) is 0 Å². The summed E-state index contributed by atoms with van der Waals surface area (Å²) in [6.07, 6.45) is 2.93. The molecule has 0 unspecified atom stereocenters. The molecule has 0 aromatic carbocycles. The summed E-state index contributed by atoms with van der Waals surface area (Å²) in [7, 11) is 2.00. The Balaban J connectivity index is 2.11. The second kappa shape index (κ2) is 6.02. The van der Waals surface area contributed by atoms with Crippen molar-refractivity contribution in [3.63, 3.8) is 0 Å². The predicted octanol–water partition coefficient (Wildman–Crippen LogP) is 2.42. The van der Waals surface area contributed by atoms with E-state index >= 15 is 0 Å². The third-order valence-corrected chi connectivity index (χ3v) is 3.72. The van der Waals surface area contributed by atoms with Gasteiger partial charge in [0, 0.05) is 30.4 Å². The van der Waals surface area contributed by atoms with Crippen molar-refractivity contribution in [2.24, 2.45) is 7.05 Å². The Morgan fingerprint density at radius 1 is 1.29 bits per heavy atom. The van der Waals surface area contributed by atoms with E-state index in [2.05, 4.69) is 60.9 Å². The fourth-order valence-corrected chi connectivity index (χ4v) is 2.22. The van der Waals surface area contributed by atoms with Gasteiger partial charge in [-0.25, -0.2) is 0 Å². The van der Waals surface area contributed by atoms with Crippen LogP contribution in [-0.4, -0.2) is 25.1 Å². The van der Waals surface area contributed by atoms with Gasteiger partial charge in [-0.2, -0.15) is 10.2 Å². The van der Waals surface area contributed by atoms with Crippen LogP contribution in [0.3, 0.4) is 0 Å². The van der Waals surface area contributed by atoms with E-state index in [4.69, 9.17) is 0 Å². The minimum Gasteiger partial charge on any atom is -0.308 e.